The molecule has 1 fully saturated rings. The lowest BCUT2D eigenvalue weighted by Gasteiger charge is -2.47. The van der Waals surface area contributed by atoms with E-state index in [0.29, 0.717) is 0 Å². The van der Waals surface area contributed by atoms with E-state index in [9.17, 15) is 5.11 Å². The van der Waals surface area contributed by atoms with Crippen LogP contribution in [0.4, 0.5) is 0 Å². The summed E-state index contributed by atoms with van der Waals surface area (Å²) in [6, 6.07) is 9.74. The SMILES string of the molecule is CC1(C)NCCN[C@@]1(O)c1ccccc1. The maximum atomic E-state index is 10.7. The Morgan fingerprint density at radius 2 is 1.67 bits per heavy atom. The molecule has 0 aliphatic carbocycles. The Morgan fingerprint density at radius 3 is 2.27 bits per heavy atom. The minimum absolute atomic E-state index is 0.368. The van der Waals surface area contributed by atoms with Gasteiger partial charge < -0.3 is 10.4 Å². The topological polar surface area (TPSA) is 44.3 Å². The molecule has 3 heteroatoms. The van der Waals surface area contributed by atoms with Crippen LogP contribution in [0.2, 0.25) is 0 Å². The molecule has 0 aromatic heterocycles. The fraction of sp³-hybridized carbons (Fsp3) is 0.500. The van der Waals surface area contributed by atoms with Crippen molar-refractivity contribution < 1.29 is 5.11 Å². The van der Waals surface area contributed by atoms with Gasteiger partial charge in [-0.25, -0.2) is 0 Å². The highest BCUT2D eigenvalue weighted by Crippen LogP contribution is 2.31. The van der Waals surface area contributed by atoms with Crippen LogP contribution in [0.3, 0.4) is 0 Å². The molecular weight excluding hydrogens is 188 g/mol. The van der Waals surface area contributed by atoms with Gasteiger partial charge in [-0.05, 0) is 13.8 Å². The van der Waals surface area contributed by atoms with Gasteiger partial charge in [0.2, 0.25) is 0 Å². The van der Waals surface area contributed by atoms with Crippen LogP contribution in [0.5, 0.6) is 0 Å². The van der Waals surface area contributed by atoms with Crippen LogP contribution in [0, 0.1) is 0 Å². The van der Waals surface area contributed by atoms with Crippen molar-refractivity contribution in [2.45, 2.75) is 25.1 Å². The van der Waals surface area contributed by atoms with Crippen LogP contribution in [-0.2, 0) is 5.72 Å². The van der Waals surface area contributed by atoms with Gasteiger partial charge in [-0.3, -0.25) is 5.32 Å². The van der Waals surface area contributed by atoms with E-state index in [4.69, 9.17) is 0 Å². The summed E-state index contributed by atoms with van der Waals surface area (Å²) in [6.07, 6.45) is 0. The lowest BCUT2D eigenvalue weighted by atomic mass is 9.83. The number of piperazine rings is 1. The summed E-state index contributed by atoms with van der Waals surface area (Å²) < 4.78 is 0. The van der Waals surface area contributed by atoms with Gasteiger partial charge in [0, 0.05) is 18.7 Å². The first-order chi connectivity index (χ1) is 7.06. The van der Waals surface area contributed by atoms with Crippen LogP contribution in [0.25, 0.3) is 0 Å². The maximum Gasteiger partial charge on any atom is 0.160 e. The van der Waals surface area contributed by atoms with E-state index < -0.39 is 5.72 Å². The third-order valence-corrected chi connectivity index (χ3v) is 3.17. The zero-order chi connectivity index (χ0) is 10.9. The van der Waals surface area contributed by atoms with Crippen LogP contribution in [-0.4, -0.2) is 23.7 Å². The van der Waals surface area contributed by atoms with Crippen molar-refractivity contribution in [3.63, 3.8) is 0 Å². The molecule has 1 heterocycles. The number of nitrogens with one attached hydrogen (secondary N) is 2. The van der Waals surface area contributed by atoms with E-state index in [1.165, 1.54) is 0 Å². The average Bonchev–Trinajstić information content (AvgIpc) is 2.24. The van der Waals surface area contributed by atoms with Crippen LogP contribution < -0.4 is 10.6 Å². The first kappa shape index (κ1) is 10.6. The minimum Gasteiger partial charge on any atom is -0.370 e. The lowest BCUT2D eigenvalue weighted by molar-refractivity contribution is -0.0890. The van der Waals surface area contributed by atoms with Crippen LogP contribution in [0.1, 0.15) is 19.4 Å². The molecule has 3 nitrogen and oxygen atoms in total. The van der Waals surface area contributed by atoms with E-state index in [1.807, 2.05) is 44.2 Å². The van der Waals surface area contributed by atoms with Gasteiger partial charge in [0.05, 0.1) is 5.54 Å². The second kappa shape index (κ2) is 3.59. The van der Waals surface area contributed by atoms with Crippen molar-refractivity contribution in [1.82, 2.24) is 10.6 Å². The van der Waals surface area contributed by atoms with Crippen molar-refractivity contribution in [3.8, 4) is 0 Å². The van der Waals surface area contributed by atoms with E-state index >= 15 is 0 Å². The monoisotopic (exact) mass is 206 g/mol. The average molecular weight is 206 g/mol. The van der Waals surface area contributed by atoms with E-state index in [1.54, 1.807) is 0 Å². The molecule has 15 heavy (non-hydrogen) atoms. The van der Waals surface area contributed by atoms with E-state index in [-0.39, 0.29) is 5.54 Å². The molecule has 1 aliphatic heterocycles. The van der Waals surface area contributed by atoms with Crippen molar-refractivity contribution in [3.05, 3.63) is 35.9 Å². The van der Waals surface area contributed by atoms with Crippen molar-refractivity contribution in [1.29, 1.82) is 0 Å². The van der Waals surface area contributed by atoms with Crippen LogP contribution >= 0.6 is 0 Å². The Hall–Kier alpha value is -0.900. The smallest absolute Gasteiger partial charge is 0.160 e. The van der Waals surface area contributed by atoms with Gasteiger partial charge in [0.1, 0.15) is 0 Å². The van der Waals surface area contributed by atoms with E-state index in [0.717, 1.165) is 18.7 Å². The molecule has 1 aromatic rings. The first-order valence-electron chi connectivity index (χ1n) is 5.34. The lowest BCUT2D eigenvalue weighted by Crippen LogP contribution is -2.69. The summed E-state index contributed by atoms with van der Waals surface area (Å²) in [5, 5.41) is 17.2. The zero-order valence-electron chi connectivity index (χ0n) is 9.25. The first-order valence-corrected chi connectivity index (χ1v) is 5.34. The summed E-state index contributed by atoms with van der Waals surface area (Å²) in [6.45, 7) is 5.66. The molecule has 0 unspecified atom stereocenters. The molecule has 1 aromatic carbocycles. The maximum absolute atomic E-state index is 10.7. The fourth-order valence-corrected chi connectivity index (χ4v) is 2.11. The summed E-state index contributed by atoms with van der Waals surface area (Å²) in [4.78, 5) is 0. The largest absolute Gasteiger partial charge is 0.370 e. The summed E-state index contributed by atoms with van der Waals surface area (Å²) in [7, 11) is 0. The number of hydrogen-bond acceptors (Lipinski definition) is 3. The Balaban J connectivity index is 2.40. The molecule has 2 rings (SSSR count). The highest BCUT2D eigenvalue weighted by Gasteiger charge is 2.46. The second-order valence-corrected chi connectivity index (χ2v) is 4.55. The predicted octanol–water partition coefficient (Wildman–Crippen LogP) is 0.803. The molecule has 0 bridgehead atoms. The number of benzene rings is 1. The predicted molar refractivity (Wildman–Crippen MR) is 60.4 cm³/mol. The molecule has 0 radical (unpaired) electrons. The van der Waals surface area contributed by atoms with Gasteiger partial charge in [0.15, 0.2) is 5.72 Å². The van der Waals surface area contributed by atoms with Crippen molar-refractivity contribution in [2.24, 2.45) is 0 Å². The Morgan fingerprint density at radius 1 is 1.07 bits per heavy atom. The van der Waals surface area contributed by atoms with E-state index in [2.05, 4.69) is 10.6 Å². The molecule has 0 spiro atoms. The third-order valence-electron chi connectivity index (χ3n) is 3.17. The molecule has 82 valence electrons. The molecule has 1 aliphatic rings. The molecule has 1 saturated heterocycles. The summed E-state index contributed by atoms with van der Waals surface area (Å²) in [5.41, 5.74) is -0.457. The van der Waals surface area contributed by atoms with Crippen molar-refractivity contribution >= 4 is 0 Å². The number of hydrogen-bond donors (Lipinski definition) is 3. The fourth-order valence-electron chi connectivity index (χ4n) is 2.11. The Bertz CT molecular complexity index is 337. The molecule has 0 amide bonds. The molecular formula is C12H18N2O. The quantitative estimate of drug-likeness (QED) is 0.637. The summed E-state index contributed by atoms with van der Waals surface area (Å²) in [5.74, 6) is 0. The van der Waals surface area contributed by atoms with Gasteiger partial charge in [-0.1, -0.05) is 30.3 Å². The minimum atomic E-state index is -0.994. The summed E-state index contributed by atoms with van der Waals surface area (Å²) >= 11 is 0. The van der Waals surface area contributed by atoms with Crippen molar-refractivity contribution in [2.75, 3.05) is 13.1 Å². The normalized spacial score (nSPS) is 30.1. The molecule has 3 N–H and O–H groups in total. The molecule has 0 saturated carbocycles. The van der Waals surface area contributed by atoms with Crippen LogP contribution in [0.15, 0.2) is 30.3 Å². The second-order valence-electron chi connectivity index (χ2n) is 4.55. The van der Waals surface area contributed by atoms with Gasteiger partial charge in [0.25, 0.3) is 0 Å². The number of rotatable bonds is 1. The zero-order valence-corrected chi connectivity index (χ0v) is 9.25. The Labute approximate surface area is 90.5 Å². The highest BCUT2D eigenvalue weighted by molar-refractivity contribution is 5.26. The molecule has 1 atom stereocenters. The van der Waals surface area contributed by atoms with Gasteiger partial charge in [-0.15, -0.1) is 0 Å². The van der Waals surface area contributed by atoms with Gasteiger partial charge in [-0.2, -0.15) is 0 Å². The number of aliphatic hydroxyl groups is 1. The van der Waals surface area contributed by atoms with Gasteiger partial charge >= 0.3 is 0 Å². The third kappa shape index (κ3) is 1.67. The highest BCUT2D eigenvalue weighted by atomic mass is 16.3. The Kier molecular flexibility index (Phi) is 2.54. The standard InChI is InChI=1S/C12H18N2O/c1-11(2)12(15,14-9-8-13-11)10-6-4-3-5-7-10/h3-7,13-15H,8-9H2,1-2H3/t12-/m1/s1.